The Morgan fingerprint density at radius 2 is 1.82 bits per heavy atom. The molecule has 7 heteroatoms. The molecule has 0 saturated carbocycles. The van der Waals surface area contributed by atoms with Gasteiger partial charge in [-0.15, -0.1) is 10.2 Å². The summed E-state index contributed by atoms with van der Waals surface area (Å²) in [6.45, 7) is 8.94. The maximum Gasteiger partial charge on any atom is 0.191 e. The van der Waals surface area contributed by atoms with E-state index in [1.165, 1.54) is 5.56 Å². The molecule has 28 heavy (non-hydrogen) atoms. The molecule has 0 amide bonds. The number of hydrogen-bond acceptors (Lipinski definition) is 4. The molecule has 0 aliphatic heterocycles. The predicted molar refractivity (Wildman–Crippen MR) is 117 cm³/mol. The van der Waals surface area contributed by atoms with Crippen molar-refractivity contribution in [3.05, 3.63) is 69.0 Å². The van der Waals surface area contributed by atoms with Crippen LogP contribution in [0.4, 0.5) is 0 Å². The first kappa shape index (κ1) is 21.0. The van der Waals surface area contributed by atoms with Gasteiger partial charge < -0.3 is 9.30 Å². The van der Waals surface area contributed by atoms with Gasteiger partial charge in [-0.25, -0.2) is 0 Å². The van der Waals surface area contributed by atoms with Gasteiger partial charge in [-0.05, 0) is 57.0 Å². The maximum absolute atomic E-state index is 6.28. The Hall–Kier alpha value is -1.69. The minimum atomic E-state index is -0.216. The van der Waals surface area contributed by atoms with E-state index in [0.29, 0.717) is 15.8 Å². The normalized spacial score (nSPS) is 12.2. The molecule has 2 aromatic carbocycles. The lowest BCUT2D eigenvalue weighted by Crippen LogP contribution is -2.12. The van der Waals surface area contributed by atoms with Gasteiger partial charge in [-0.2, -0.15) is 0 Å². The number of ether oxygens (including phenoxy) is 1. The predicted octanol–water partition coefficient (Wildman–Crippen LogP) is 6.65. The van der Waals surface area contributed by atoms with Gasteiger partial charge in [0.1, 0.15) is 5.75 Å². The second kappa shape index (κ2) is 9.21. The van der Waals surface area contributed by atoms with E-state index in [-0.39, 0.29) is 6.10 Å². The van der Waals surface area contributed by atoms with Gasteiger partial charge in [0.15, 0.2) is 17.1 Å². The molecule has 1 unspecified atom stereocenters. The minimum absolute atomic E-state index is 0.216. The maximum atomic E-state index is 6.28. The summed E-state index contributed by atoms with van der Waals surface area (Å²) >= 11 is 14.1. The number of hydrogen-bond donors (Lipinski definition) is 0. The van der Waals surface area contributed by atoms with Crippen molar-refractivity contribution in [1.29, 1.82) is 0 Å². The van der Waals surface area contributed by atoms with Gasteiger partial charge >= 0.3 is 0 Å². The van der Waals surface area contributed by atoms with E-state index in [1.54, 1.807) is 11.8 Å². The Labute approximate surface area is 180 Å². The van der Waals surface area contributed by atoms with Crippen LogP contribution in [0.1, 0.15) is 42.5 Å². The zero-order chi connectivity index (χ0) is 20.3. The van der Waals surface area contributed by atoms with Crippen molar-refractivity contribution in [3.63, 3.8) is 0 Å². The van der Waals surface area contributed by atoms with Crippen LogP contribution in [0.2, 0.25) is 10.0 Å². The van der Waals surface area contributed by atoms with Crippen molar-refractivity contribution in [1.82, 2.24) is 14.8 Å². The fraction of sp³-hybridized carbons (Fsp3) is 0.333. The lowest BCUT2D eigenvalue weighted by Gasteiger charge is -2.17. The van der Waals surface area contributed by atoms with Crippen LogP contribution in [-0.4, -0.2) is 14.8 Å². The quantitative estimate of drug-likeness (QED) is 0.389. The third-order valence-corrected chi connectivity index (χ3v) is 6.17. The number of rotatable bonds is 7. The summed E-state index contributed by atoms with van der Waals surface area (Å²) in [5, 5.41) is 10.9. The van der Waals surface area contributed by atoms with Gasteiger partial charge in [0.25, 0.3) is 0 Å². The number of halogens is 2. The van der Waals surface area contributed by atoms with Gasteiger partial charge in [-0.1, -0.05) is 58.7 Å². The van der Waals surface area contributed by atoms with E-state index in [9.17, 15) is 0 Å². The molecule has 0 bridgehead atoms. The van der Waals surface area contributed by atoms with Gasteiger partial charge in [0.2, 0.25) is 0 Å². The highest BCUT2D eigenvalue weighted by Crippen LogP contribution is 2.32. The molecule has 1 heterocycles. The Kier molecular flexibility index (Phi) is 6.91. The van der Waals surface area contributed by atoms with Crippen LogP contribution in [0.3, 0.4) is 0 Å². The highest BCUT2D eigenvalue weighted by molar-refractivity contribution is 7.98. The van der Waals surface area contributed by atoms with Crippen LogP contribution in [-0.2, 0) is 12.3 Å². The molecule has 0 saturated heterocycles. The topological polar surface area (TPSA) is 39.9 Å². The second-order valence-electron chi connectivity index (χ2n) is 6.60. The molecule has 1 aromatic heterocycles. The standard InChI is InChI=1S/C21H23Cl2N3OS/c1-5-26-20(15(4)27-19-10-9-13(2)11-14(19)3)24-25-21(26)28-12-16-17(22)7-6-8-18(16)23/h6-11,15H,5,12H2,1-4H3. The van der Waals surface area contributed by atoms with Crippen molar-refractivity contribution in [2.24, 2.45) is 0 Å². The molecule has 148 valence electrons. The monoisotopic (exact) mass is 435 g/mol. The Morgan fingerprint density at radius 3 is 2.46 bits per heavy atom. The first-order valence-electron chi connectivity index (χ1n) is 9.13. The van der Waals surface area contributed by atoms with Crippen LogP contribution >= 0.6 is 35.0 Å². The SMILES string of the molecule is CCn1c(SCc2c(Cl)cccc2Cl)nnc1C(C)Oc1ccc(C)cc1C. The van der Waals surface area contributed by atoms with Crippen LogP contribution in [0.5, 0.6) is 5.75 Å². The summed E-state index contributed by atoms with van der Waals surface area (Å²) in [6, 6.07) is 11.7. The highest BCUT2D eigenvalue weighted by atomic mass is 35.5. The smallest absolute Gasteiger partial charge is 0.191 e. The van der Waals surface area contributed by atoms with Crippen LogP contribution in [0.25, 0.3) is 0 Å². The van der Waals surface area contributed by atoms with Crippen molar-refractivity contribution < 1.29 is 4.74 Å². The summed E-state index contributed by atoms with van der Waals surface area (Å²) in [4.78, 5) is 0. The molecule has 0 spiro atoms. The summed E-state index contributed by atoms with van der Waals surface area (Å²) in [6.07, 6.45) is -0.216. The molecule has 3 aromatic rings. The Bertz CT molecular complexity index is 954. The van der Waals surface area contributed by atoms with E-state index in [2.05, 4.69) is 34.7 Å². The minimum Gasteiger partial charge on any atom is -0.482 e. The van der Waals surface area contributed by atoms with Crippen molar-refractivity contribution in [2.45, 2.75) is 51.3 Å². The molecule has 0 radical (unpaired) electrons. The average Bonchev–Trinajstić information content (AvgIpc) is 3.06. The Morgan fingerprint density at radius 1 is 1.11 bits per heavy atom. The fourth-order valence-electron chi connectivity index (χ4n) is 2.99. The van der Waals surface area contributed by atoms with Crippen LogP contribution in [0.15, 0.2) is 41.6 Å². The number of aryl methyl sites for hydroxylation is 2. The summed E-state index contributed by atoms with van der Waals surface area (Å²) in [5.74, 6) is 2.29. The summed E-state index contributed by atoms with van der Waals surface area (Å²) in [7, 11) is 0. The molecule has 0 fully saturated rings. The molecule has 0 N–H and O–H groups in total. The van der Waals surface area contributed by atoms with Crippen molar-refractivity contribution >= 4 is 35.0 Å². The average molecular weight is 436 g/mol. The zero-order valence-electron chi connectivity index (χ0n) is 16.4. The van der Waals surface area contributed by atoms with Crippen LogP contribution < -0.4 is 4.74 Å². The van der Waals surface area contributed by atoms with Crippen molar-refractivity contribution in [2.75, 3.05) is 0 Å². The van der Waals surface area contributed by atoms with E-state index in [4.69, 9.17) is 27.9 Å². The molecule has 3 rings (SSSR count). The number of aromatic nitrogens is 3. The van der Waals surface area contributed by atoms with Gasteiger partial charge in [-0.3, -0.25) is 0 Å². The lowest BCUT2D eigenvalue weighted by molar-refractivity contribution is 0.208. The van der Waals surface area contributed by atoms with E-state index >= 15 is 0 Å². The molecule has 0 aliphatic carbocycles. The van der Waals surface area contributed by atoms with Crippen molar-refractivity contribution in [3.8, 4) is 5.75 Å². The lowest BCUT2D eigenvalue weighted by atomic mass is 10.1. The van der Waals surface area contributed by atoms with Crippen LogP contribution in [0, 0.1) is 13.8 Å². The summed E-state index contributed by atoms with van der Waals surface area (Å²) < 4.78 is 8.24. The highest BCUT2D eigenvalue weighted by Gasteiger charge is 2.20. The molecule has 4 nitrogen and oxygen atoms in total. The van der Waals surface area contributed by atoms with E-state index < -0.39 is 0 Å². The molecular formula is C21H23Cl2N3OS. The number of nitrogens with zero attached hydrogens (tertiary/aromatic N) is 3. The number of thioether (sulfide) groups is 1. The second-order valence-corrected chi connectivity index (χ2v) is 8.36. The number of benzene rings is 2. The molecule has 1 atom stereocenters. The largest absolute Gasteiger partial charge is 0.482 e. The molecule has 0 aliphatic rings. The summed E-state index contributed by atoms with van der Waals surface area (Å²) in [5.41, 5.74) is 3.23. The first-order valence-corrected chi connectivity index (χ1v) is 10.9. The van der Waals surface area contributed by atoms with E-state index in [1.807, 2.05) is 44.2 Å². The third-order valence-electron chi connectivity index (χ3n) is 4.47. The van der Waals surface area contributed by atoms with Gasteiger partial charge in [0.05, 0.1) is 0 Å². The molecular weight excluding hydrogens is 413 g/mol. The zero-order valence-corrected chi connectivity index (χ0v) is 18.7. The first-order chi connectivity index (χ1) is 13.4. The Balaban J connectivity index is 1.77. The fourth-order valence-corrected chi connectivity index (χ4v) is 4.74. The van der Waals surface area contributed by atoms with E-state index in [0.717, 1.165) is 34.4 Å². The van der Waals surface area contributed by atoms with Gasteiger partial charge in [0, 0.05) is 22.3 Å². The third kappa shape index (κ3) is 4.65.